The molecule has 0 fully saturated rings. The Labute approximate surface area is 69.4 Å². The zero-order valence-electron chi connectivity index (χ0n) is 6.94. The quantitative estimate of drug-likeness (QED) is 0.705. The number of alkyl halides is 2. The van der Waals surface area contributed by atoms with Crippen molar-refractivity contribution in [2.75, 3.05) is 5.73 Å². The van der Waals surface area contributed by atoms with Crippen molar-refractivity contribution in [3.8, 4) is 0 Å². The molecule has 0 aliphatic carbocycles. The van der Waals surface area contributed by atoms with Gasteiger partial charge in [-0.3, -0.25) is 0 Å². The van der Waals surface area contributed by atoms with Gasteiger partial charge in [0, 0.05) is 11.3 Å². The molecule has 0 radical (unpaired) electrons. The van der Waals surface area contributed by atoms with E-state index in [9.17, 15) is 8.78 Å². The van der Waals surface area contributed by atoms with Crippen LogP contribution in [0.2, 0.25) is 0 Å². The summed E-state index contributed by atoms with van der Waals surface area (Å²) in [5.41, 5.74) is 6.37. The van der Waals surface area contributed by atoms with Crippen molar-refractivity contribution < 1.29 is 8.78 Å². The Morgan fingerprint density at radius 1 is 1.42 bits per heavy atom. The summed E-state index contributed by atoms with van der Waals surface area (Å²) in [5, 5.41) is 0. The maximum atomic E-state index is 12.3. The predicted octanol–water partition coefficient (Wildman–Crippen LogP) is 2.22. The van der Waals surface area contributed by atoms with Gasteiger partial charge in [-0.2, -0.15) is 0 Å². The summed E-state index contributed by atoms with van der Waals surface area (Å²) in [6.07, 6.45) is -2.48. The van der Waals surface area contributed by atoms with Crippen LogP contribution in [0.15, 0.2) is 6.07 Å². The summed E-state index contributed by atoms with van der Waals surface area (Å²) in [7, 11) is 0. The van der Waals surface area contributed by atoms with Crippen LogP contribution < -0.4 is 5.73 Å². The maximum absolute atomic E-state index is 12.3. The average molecular weight is 172 g/mol. The molecule has 4 heteroatoms. The Bertz CT molecular complexity index is 297. The Kier molecular flexibility index (Phi) is 2.26. The molecule has 0 aromatic carbocycles. The number of halogens is 2. The van der Waals surface area contributed by atoms with Crippen LogP contribution in [0.4, 0.5) is 14.6 Å². The highest BCUT2D eigenvalue weighted by molar-refractivity contribution is 5.40. The molecule has 0 spiro atoms. The predicted molar refractivity (Wildman–Crippen MR) is 43.1 cm³/mol. The van der Waals surface area contributed by atoms with Crippen LogP contribution in [0.3, 0.4) is 0 Å². The number of aryl methyl sites for hydroxylation is 1. The van der Waals surface area contributed by atoms with Crippen molar-refractivity contribution in [3.63, 3.8) is 0 Å². The fraction of sp³-hybridized carbons (Fsp3) is 0.375. The average Bonchev–Trinajstić information content (AvgIpc) is 1.96. The zero-order valence-corrected chi connectivity index (χ0v) is 6.94. The molecule has 0 unspecified atom stereocenters. The molecular formula is C8H10F2N2. The molecule has 1 aromatic rings. The molecule has 1 aromatic heterocycles. The van der Waals surface area contributed by atoms with E-state index in [2.05, 4.69) is 4.98 Å². The summed E-state index contributed by atoms with van der Waals surface area (Å²) in [6.45, 7) is 3.28. The summed E-state index contributed by atoms with van der Waals surface area (Å²) in [5.74, 6) is 0.147. The van der Waals surface area contributed by atoms with Crippen LogP contribution in [0.25, 0.3) is 0 Å². The molecule has 0 aliphatic heterocycles. The fourth-order valence-corrected chi connectivity index (χ4v) is 1.01. The number of aromatic nitrogens is 1. The molecule has 0 saturated carbocycles. The van der Waals surface area contributed by atoms with E-state index in [1.54, 1.807) is 13.8 Å². The van der Waals surface area contributed by atoms with Gasteiger partial charge in [-0.05, 0) is 25.5 Å². The first-order valence-electron chi connectivity index (χ1n) is 3.54. The molecule has 1 heterocycles. The van der Waals surface area contributed by atoms with Gasteiger partial charge in [0.25, 0.3) is 6.43 Å². The van der Waals surface area contributed by atoms with Gasteiger partial charge in [0.1, 0.15) is 5.82 Å². The fourth-order valence-electron chi connectivity index (χ4n) is 1.01. The van der Waals surface area contributed by atoms with Crippen molar-refractivity contribution in [2.24, 2.45) is 0 Å². The highest BCUT2D eigenvalue weighted by Crippen LogP contribution is 2.25. The van der Waals surface area contributed by atoms with E-state index in [0.29, 0.717) is 11.3 Å². The van der Waals surface area contributed by atoms with E-state index in [1.165, 1.54) is 6.07 Å². The van der Waals surface area contributed by atoms with Crippen LogP contribution in [-0.2, 0) is 0 Å². The molecule has 2 nitrogen and oxygen atoms in total. The molecule has 0 amide bonds. The number of hydrogen-bond acceptors (Lipinski definition) is 2. The lowest BCUT2D eigenvalue weighted by atomic mass is 10.1. The molecule has 1 rings (SSSR count). The zero-order chi connectivity index (χ0) is 9.30. The van der Waals surface area contributed by atoms with Crippen molar-refractivity contribution in [3.05, 3.63) is 22.9 Å². The van der Waals surface area contributed by atoms with E-state index >= 15 is 0 Å². The van der Waals surface area contributed by atoms with Crippen LogP contribution in [0, 0.1) is 13.8 Å². The Hall–Kier alpha value is -1.19. The lowest BCUT2D eigenvalue weighted by molar-refractivity contribution is 0.150. The largest absolute Gasteiger partial charge is 0.384 e. The topological polar surface area (TPSA) is 38.9 Å². The van der Waals surface area contributed by atoms with Crippen LogP contribution in [0.5, 0.6) is 0 Å². The normalized spacial score (nSPS) is 10.8. The van der Waals surface area contributed by atoms with E-state index in [0.717, 1.165) is 0 Å². The van der Waals surface area contributed by atoms with Crippen molar-refractivity contribution >= 4 is 5.82 Å². The number of nitrogens with two attached hydrogens (primary N) is 1. The van der Waals surface area contributed by atoms with E-state index in [1.807, 2.05) is 0 Å². The maximum Gasteiger partial charge on any atom is 0.264 e. The van der Waals surface area contributed by atoms with Gasteiger partial charge in [0.2, 0.25) is 0 Å². The molecule has 0 bridgehead atoms. The van der Waals surface area contributed by atoms with E-state index in [-0.39, 0.29) is 11.4 Å². The van der Waals surface area contributed by atoms with Crippen LogP contribution in [-0.4, -0.2) is 4.98 Å². The Balaban J connectivity index is 3.28. The summed E-state index contributed by atoms with van der Waals surface area (Å²) >= 11 is 0. The monoisotopic (exact) mass is 172 g/mol. The van der Waals surface area contributed by atoms with Crippen LogP contribution >= 0.6 is 0 Å². The Morgan fingerprint density at radius 2 is 2.00 bits per heavy atom. The van der Waals surface area contributed by atoms with Crippen molar-refractivity contribution in [2.45, 2.75) is 20.3 Å². The van der Waals surface area contributed by atoms with Gasteiger partial charge in [0.15, 0.2) is 0 Å². The van der Waals surface area contributed by atoms with Gasteiger partial charge in [-0.15, -0.1) is 0 Å². The number of hydrogen-bond donors (Lipinski definition) is 1. The molecule has 2 N–H and O–H groups in total. The van der Waals surface area contributed by atoms with Gasteiger partial charge >= 0.3 is 0 Å². The molecule has 66 valence electrons. The van der Waals surface area contributed by atoms with Crippen LogP contribution in [0.1, 0.15) is 23.2 Å². The van der Waals surface area contributed by atoms with Gasteiger partial charge in [0.05, 0.1) is 0 Å². The molecule has 0 atom stereocenters. The first-order chi connectivity index (χ1) is 5.52. The SMILES string of the molecule is Cc1nc(N)cc(C(F)F)c1C. The minimum absolute atomic E-state index is 0.0278. The van der Waals surface area contributed by atoms with E-state index in [4.69, 9.17) is 5.73 Å². The molecule has 0 saturated heterocycles. The number of nitrogen functional groups attached to an aromatic ring is 1. The molecular weight excluding hydrogens is 162 g/mol. The minimum atomic E-state index is -2.48. The third-order valence-corrected chi connectivity index (χ3v) is 1.81. The lowest BCUT2D eigenvalue weighted by Gasteiger charge is -2.07. The number of pyridine rings is 1. The van der Waals surface area contributed by atoms with E-state index < -0.39 is 6.43 Å². The first kappa shape index (κ1) is 8.90. The third-order valence-electron chi connectivity index (χ3n) is 1.81. The highest BCUT2D eigenvalue weighted by Gasteiger charge is 2.13. The molecule has 0 aliphatic rings. The molecule has 12 heavy (non-hydrogen) atoms. The summed E-state index contributed by atoms with van der Waals surface area (Å²) in [6, 6.07) is 1.22. The number of rotatable bonds is 1. The standard InChI is InChI=1S/C8H10F2N2/c1-4-5(2)12-7(11)3-6(4)8(9)10/h3,8H,1-2H3,(H2,11,12). The second kappa shape index (κ2) is 3.05. The number of anilines is 1. The second-order valence-electron chi connectivity index (χ2n) is 2.65. The minimum Gasteiger partial charge on any atom is -0.384 e. The van der Waals surface area contributed by atoms with Crippen molar-refractivity contribution in [1.29, 1.82) is 0 Å². The van der Waals surface area contributed by atoms with Gasteiger partial charge in [-0.1, -0.05) is 0 Å². The smallest absolute Gasteiger partial charge is 0.264 e. The summed E-state index contributed by atoms with van der Waals surface area (Å²) < 4.78 is 24.6. The number of nitrogens with zero attached hydrogens (tertiary/aromatic N) is 1. The van der Waals surface area contributed by atoms with Gasteiger partial charge in [-0.25, -0.2) is 13.8 Å². The third kappa shape index (κ3) is 1.52. The second-order valence-corrected chi connectivity index (χ2v) is 2.65. The summed E-state index contributed by atoms with van der Waals surface area (Å²) in [4.78, 5) is 3.86. The van der Waals surface area contributed by atoms with Crippen molar-refractivity contribution in [1.82, 2.24) is 4.98 Å². The van der Waals surface area contributed by atoms with Gasteiger partial charge < -0.3 is 5.73 Å². The first-order valence-corrected chi connectivity index (χ1v) is 3.54. The highest BCUT2D eigenvalue weighted by atomic mass is 19.3. The lowest BCUT2D eigenvalue weighted by Crippen LogP contribution is -2.00. The Morgan fingerprint density at radius 3 is 2.50 bits per heavy atom.